The highest BCUT2D eigenvalue weighted by Gasteiger charge is 2.16. The molecular weight excluding hydrogens is 805 g/mol. The Balaban J connectivity index is 0.000000159. The summed E-state index contributed by atoms with van der Waals surface area (Å²) in [5, 5.41) is 7.86. The topological polar surface area (TPSA) is 131 Å². The lowest BCUT2D eigenvalue weighted by Gasteiger charge is -2.34. The molecular formula is C53H54N12. The number of benzene rings is 2. The Morgan fingerprint density at radius 2 is 0.892 bits per heavy atom. The Hall–Kier alpha value is -7.54. The number of fused-ring (bicyclic) bond motifs is 6. The molecule has 12 rings (SSSR count). The molecule has 65 heavy (non-hydrogen) atoms. The van der Waals surface area contributed by atoms with Crippen LogP contribution >= 0.6 is 0 Å². The lowest BCUT2D eigenvalue weighted by atomic mass is 10.0. The molecule has 326 valence electrons. The van der Waals surface area contributed by atoms with Crippen LogP contribution in [0.3, 0.4) is 0 Å². The molecule has 3 N–H and O–H groups in total. The summed E-state index contributed by atoms with van der Waals surface area (Å²) in [6, 6.07) is 34.3. The van der Waals surface area contributed by atoms with Crippen LogP contribution in [0.4, 0.5) is 11.4 Å². The van der Waals surface area contributed by atoms with Crippen LogP contribution in [-0.2, 0) is 0 Å². The second kappa shape index (κ2) is 18.7. The van der Waals surface area contributed by atoms with Crippen molar-refractivity contribution in [1.29, 1.82) is 0 Å². The van der Waals surface area contributed by atoms with Gasteiger partial charge in [0.05, 0.1) is 34.8 Å². The Morgan fingerprint density at radius 1 is 0.431 bits per heavy atom. The number of hydrogen-bond acceptors (Lipinski definition) is 10. The van der Waals surface area contributed by atoms with E-state index in [2.05, 4.69) is 130 Å². The molecule has 8 aromatic heterocycles. The van der Waals surface area contributed by atoms with Crippen molar-refractivity contribution in [2.45, 2.75) is 14.9 Å². The predicted octanol–water partition coefficient (Wildman–Crippen LogP) is 10.1. The second-order valence-corrected chi connectivity index (χ2v) is 16.3. The number of hydrogen-bond donors (Lipinski definition) is 3. The van der Waals surface area contributed by atoms with Crippen LogP contribution in [0, 0.1) is 0 Å². The van der Waals surface area contributed by atoms with E-state index in [1.807, 2.05) is 61.4 Å². The van der Waals surface area contributed by atoms with E-state index in [1.165, 1.54) is 22.5 Å². The number of nitrogens with zero attached hydrogens (tertiary/aromatic N) is 9. The molecule has 0 spiro atoms. The third kappa shape index (κ3) is 8.73. The van der Waals surface area contributed by atoms with E-state index in [0.717, 1.165) is 130 Å². The first kappa shape index (κ1) is 42.7. The first-order valence-corrected chi connectivity index (χ1v) is 21.6. The van der Waals surface area contributed by atoms with Crippen LogP contribution in [0.1, 0.15) is 14.9 Å². The third-order valence-electron chi connectivity index (χ3n) is 12.3. The number of aromatic nitrogens is 8. The first-order chi connectivity index (χ1) is 31.1. The zero-order chi connectivity index (χ0) is 42.1. The minimum atomic E-state index is 0. The fourth-order valence-electron chi connectivity index (χ4n) is 8.73. The normalized spacial score (nSPS) is 14.2. The molecule has 10 heterocycles. The minimum absolute atomic E-state index is 0. The molecule has 0 radical (unpaired) electrons. The number of rotatable bonds is 6. The maximum absolute atomic E-state index is 4.71. The van der Waals surface area contributed by atoms with Crippen molar-refractivity contribution in [2.75, 3.05) is 69.2 Å². The Labute approximate surface area is 379 Å². The smallest absolute Gasteiger partial charge is 0.138 e. The van der Waals surface area contributed by atoms with Crippen molar-refractivity contribution >= 4 is 55.2 Å². The highest BCUT2D eigenvalue weighted by Crippen LogP contribution is 2.33. The number of anilines is 2. The van der Waals surface area contributed by atoms with Crippen LogP contribution in [0.15, 0.2) is 147 Å². The Bertz CT molecular complexity index is 3170. The van der Waals surface area contributed by atoms with E-state index in [0.29, 0.717) is 0 Å². The summed E-state index contributed by atoms with van der Waals surface area (Å²) in [7, 11) is 2.18. The Kier molecular flexibility index (Phi) is 12.3. The van der Waals surface area contributed by atoms with Gasteiger partial charge in [0.15, 0.2) is 0 Å². The van der Waals surface area contributed by atoms with Gasteiger partial charge in [-0.05, 0) is 91.0 Å². The van der Waals surface area contributed by atoms with Crippen molar-refractivity contribution in [3.05, 3.63) is 147 Å². The fraction of sp³-hybridized carbons (Fsp3) is 0.208. The molecule has 0 atom stereocenters. The highest BCUT2D eigenvalue weighted by atomic mass is 15.2. The summed E-state index contributed by atoms with van der Waals surface area (Å²) < 4.78 is 0. The van der Waals surface area contributed by atoms with Crippen molar-refractivity contribution in [1.82, 2.24) is 50.1 Å². The van der Waals surface area contributed by atoms with E-state index in [9.17, 15) is 0 Å². The third-order valence-corrected chi connectivity index (χ3v) is 12.3. The first-order valence-electron chi connectivity index (χ1n) is 21.6. The van der Waals surface area contributed by atoms with Gasteiger partial charge in [-0.25, -0.2) is 9.97 Å². The van der Waals surface area contributed by atoms with Crippen LogP contribution in [0.5, 0.6) is 0 Å². The number of aromatic amines is 2. The van der Waals surface area contributed by atoms with E-state index < -0.39 is 0 Å². The van der Waals surface area contributed by atoms with E-state index in [1.54, 1.807) is 12.4 Å². The average Bonchev–Trinajstić information content (AvgIpc) is 3.92. The van der Waals surface area contributed by atoms with Gasteiger partial charge in [-0.15, -0.1) is 0 Å². The molecule has 0 amide bonds. The standard InChI is InChI=1S/C26H24N6.C25H22N6.2CH4/c1-31-9-11-32(12-10-31)21-6-4-18(5-7-21)20-13-23-22-14-24(19-3-2-8-27-15-19)28-17-25(22)30-26(23)29-16-20;1-2-18(14-27-7-1)23-13-21-22-12-19(15-29-25(22)30-24(21)16-28-23)17-3-5-20(6-4-17)31-10-8-26-9-11-31;;/h2-8,13-17H,9-12H2,1H3,(H,29,30);1-7,12-16,26H,8-11H2,(H,29,30);2*1H4. The van der Waals surface area contributed by atoms with E-state index in [-0.39, 0.29) is 14.9 Å². The van der Waals surface area contributed by atoms with Crippen molar-refractivity contribution in [2.24, 2.45) is 0 Å². The van der Waals surface area contributed by atoms with Crippen molar-refractivity contribution < 1.29 is 0 Å². The van der Waals surface area contributed by atoms with Crippen LogP contribution in [-0.4, -0.2) is 104 Å². The second-order valence-electron chi connectivity index (χ2n) is 16.3. The monoisotopic (exact) mass is 858 g/mol. The summed E-state index contributed by atoms with van der Waals surface area (Å²) >= 11 is 0. The molecule has 2 aliphatic rings. The quantitative estimate of drug-likeness (QED) is 0.149. The zero-order valence-corrected chi connectivity index (χ0v) is 35.0. The van der Waals surface area contributed by atoms with Gasteiger partial charge in [0, 0.05) is 145 Å². The lowest BCUT2D eigenvalue weighted by Crippen LogP contribution is -2.44. The summed E-state index contributed by atoms with van der Waals surface area (Å²) in [5.74, 6) is 0. The van der Waals surface area contributed by atoms with Gasteiger partial charge in [0.2, 0.25) is 0 Å². The molecule has 12 heteroatoms. The zero-order valence-electron chi connectivity index (χ0n) is 35.0. The molecule has 10 aromatic rings. The molecule has 2 fully saturated rings. The molecule has 0 bridgehead atoms. The molecule has 2 aliphatic heterocycles. The Morgan fingerprint density at radius 3 is 1.34 bits per heavy atom. The average molecular weight is 859 g/mol. The number of likely N-dealkylation sites (N-methyl/N-ethyl adjacent to an activating group) is 1. The highest BCUT2D eigenvalue weighted by molar-refractivity contribution is 6.08. The maximum atomic E-state index is 4.71. The molecule has 12 nitrogen and oxygen atoms in total. The largest absolute Gasteiger partial charge is 0.369 e. The number of H-pyrrole nitrogens is 2. The summed E-state index contributed by atoms with van der Waals surface area (Å²) in [6.45, 7) is 8.55. The molecule has 0 aliphatic carbocycles. The van der Waals surface area contributed by atoms with Gasteiger partial charge in [-0.2, -0.15) is 0 Å². The van der Waals surface area contributed by atoms with E-state index >= 15 is 0 Å². The minimum Gasteiger partial charge on any atom is -0.369 e. The lowest BCUT2D eigenvalue weighted by molar-refractivity contribution is 0.313. The van der Waals surface area contributed by atoms with Gasteiger partial charge in [-0.1, -0.05) is 39.1 Å². The van der Waals surface area contributed by atoms with Gasteiger partial charge in [0.1, 0.15) is 11.3 Å². The molecule has 2 aromatic carbocycles. The van der Waals surface area contributed by atoms with Gasteiger partial charge in [0.25, 0.3) is 0 Å². The van der Waals surface area contributed by atoms with Crippen LogP contribution in [0.2, 0.25) is 0 Å². The van der Waals surface area contributed by atoms with Crippen LogP contribution in [0.25, 0.3) is 88.6 Å². The number of nitrogens with one attached hydrogen (secondary N) is 3. The maximum Gasteiger partial charge on any atom is 0.138 e. The van der Waals surface area contributed by atoms with Crippen molar-refractivity contribution in [3.8, 4) is 44.8 Å². The number of piperazine rings is 2. The summed E-state index contributed by atoms with van der Waals surface area (Å²) in [5.41, 5.74) is 14.7. The molecule has 0 saturated carbocycles. The fourth-order valence-corrected chi connectivity index (χ4v) is 8.73. The van der Waals surface area contributed by atoms with Gasteiger partial charge >= 0.3 is 0 Å². The van der Waals surface area contributed by atoms with Gasteiger partial charge in [-0.3, -0.25) is 19.9 Å². The molecule has 0 unspecified atom stereocenters. The number of pyridine rings is 6. The van der Waals surface area contributed by atoms with Crippen LogP contribution < -0.4 is 15.1 Å². The van der Waals surface area contributed by atoms with E-state index in [4.69, 9.17) is 9.97 Å². The van der Waals surface area contributed by atoms with Gasteiger partial charge < -0.3 is 30.0 Å². The SMILES string of the molecule is C.C.CN1CCN(c2ccc(-c3cnc4[nH]c5cnc(-c6cccnc6)cc5c4c3)cc2)CC1.c1cncc(-c2cc3c(cn2)[nH]c2ncc(-c4ccc(N5CCNCC5)cc4)cc23)c1. The van der Waals surface area contributed by atoms with Crippen molar-refractivity contribution in [3.63, 3.8) is 0 Å². The predicted molar refractivity (Wildman–Crippen MR) is 268 cm³/mol. The summed E-state index contributed by atoms with van der Waals surface area (Å²) in [6.07, 6.45) is 14.9. The molecule has 2 saturated heterocycles. The summed E-state index contributed by atoms with van der Waals surface area (Å²) in [4.78, 5) is 41.1.